The lowest BCUT2D eigenvalue weighted by Crippen LogP contribution is -2.24. The smallest absolute Gasteiger partial charge is 0.239 e. The lowest BCUT2D eigenvalue weighted by molar-refractivity contribution is -0.114. The van der Waals surface area contributed by atoms with Crippen LogP contribution in [0.2, 0.25) is 0 Å². The second-order valence-electron chi connectivity index (χ2n) is 6.23. The van der Waals surface area contributed by atoms with Crippen LogP contribution in [0.1, 0.15) is 31.2 Å². The Kier molecular flexibility index (Phi) is 6.14. The van der Waals surface area contributed by atoms with E-state index >= 15 is 0 Å². The molecule has 0 atom stereocenters. The predicted octanol–water partition coefficient (Wildman–Crippen LogP) is 2.53. The molecule has 1 aliphatic carbocycles. The minimum atomic E-state index is -0.249. The second kappa shape index (κ2) is 8.53. The number of benzene rings is 1. The first-order chi connectivity index (χ1) is 12.1. The van der Waals surface area contributed by atoms with Gasteiger partial charge in [0.25, 0.3) is 0 Å². The molecule has 1 aromatic carbocycles. The lowest BCUT2D eigenvalue weighted by Gasteiger charge is -2.25. The van der Waals surface area contributed by atoms with Crippen molar-refractivity contribution in [2.45, 2.75) is 44.5 Å². The summed E-state index contributed by atoms with van der Waals surface area (Å²) in [6.07, 6.45) is 3.53. The van der Waals surface area contributed by atoms with E-state index < -0.39 is 0 Å². The summed E-state index contributed by atoms with van der Waals surface area (Å²) in [4.78, 5) is 15.8. The molecule has 0 spiro atoms. The number of amides is 1. The quantitative estimate of drug-likeness (QED) is 0.734. The van der Waals surface area contributed by atoms with Gasteiger partial charge in [0.2, 0.25) is 5.91 Å². The summed E-state index contributed by atoms with van der Waals surface area (Å²) in [5.41, 5.74) is 8.19. The molecular weight excluding hydrogens is 338 g/mol. The molecule has 0 unspecified atom stereocenters. The Hall–Kier alpha value is -1.80. The summed E-state index contributed by atoms with van der Waals surface area (Å²) in [7, 11) is 0. The predicted molar refractivity (Wildman–Crippen MR) is 98.3 cm³/mol. The number of hydrogen-bond donors (Lipinski definition) is 3. The molecule has 0 aliphatic heterocycles. The zero-order valence-corrected chi connectivity index (χ0v) is 14.8. The fraction of sp³-hybridized carbons (Fsp3) is 0.444. The number of nitrogens with one attached hydrogen (secondary N) is 1. The molecule has 0 bridgehead atoms. The molecule has 3 rings (SSSR count). The van der Waals surface area contributed by atoms with Crippen molar-refractivity contribution in [3.05, 3.63) is 35.2 Å². The third-order valence-corrected chi connectivity index (χ3v) is 5.05. The number of rotatable bonds is 6. The van der Waals surface area contributed by atoms with E-state index in [-0.39, 0.29) is 24.7 Å². The maximum absolute atomic E-state index is 11.3. The van der Waals surface area contributed by atoms with Crippen LogP contribution in [0.25, 0.3) is 11.3 Å². The zero-order chi connectivity index (χ0) is 17.6. The fourth-order valence-corrected chi connectivity index (χ4v) is 3.62. The number of anilines is 1. The van der Waals surface area contributed by atoms with Crippen molar-refractivity contribution < 1.29 is 14.6 Å². The summed E-state index contributed by atoms with van der Waals surface area (Å²) in [5.74, 6) is -0.249. The third kappa shape index (κ3) is 5.09. The van der Waals surface area contributed by atoms with Crippen molar-refractivity contribution in [3.63, 3.8) is 0 Å². The van der Waals surface area contributed by atoms with Crippen LogP contribution in [0.3, 0.4) is 0 Å². The van der Waals surface area contributed by atoms with E-state index in [0.717, 1.165) is 42.5 Å². The van der Waals surface area contributed by atoms with Gasteiger partial charge >= 0.3 is 0 Å². The molecule has 0 saturated heterocycles. The van der Waals surface area contributed by atoms with Crippen molar-refractivity contribution in [3.8, 4) is 11.3 Å². The molecule has 25 heavy (non-hydrogen) atoms. The van der Waals surface area contributed by atoms with Gasteiger partial charge in [-0.3, -0.25) is 4.79 Å². The van der Waals surface area contributed by atoms with Crippen LogP contribution in [0.4, 0.5) is 5.13 Å². The van der Waals surface area contributed by atoms with Crippen LogP contribution >= 0.6 is 11.3 Å². The van der Waals surface area contributed by atoms with E-state index in [1.54, 1.807) is 0 Å². The SMILES string of the molecule is NCC(=O)Nc1nc(-c2cccc(COC3CCC(O)CC3)c2)cs1. The van der Waals surface area contributed by atoms with Crippen LogP contribution in [0, 0.1) is 0 Å². The summed E-state index contributed by atoms with van der Waals surface area (Å²) >= 11 is 1.38. The van der Waals surface area contributed by atoms with E-state index in [2.05, 4.69) is 16.4 Å². The molecule has 0 radical (unpaired) electrons. The second-order valence-corrected chi connectivity index (χ2v) is 7.09. The fourth-order valence-electron chi connectivity index (χ4n) is 2.88. The summed E-state index contributed by atoms with van der Waals surface area (Å²) in [5, 5.41) is 14.7. The standard InChI is InChI=1S/C18H23N3O3S/c19-9-17(23)21-18-20-16(11-25-18)13-3-1-2-12(8-13)10-24-15-6-4-14(22)5-7-15/h1-3,8,11,14-15,22H,4-7,9-10,19H2,(H,20,21,23). The van der Waals surface area contributed by atoms with Gasteiger partial charge in [0, 0.05) is 10.9 Å². The number of carbonyl (C=O) groups is 1. The Morgan fingerprint density at radius 2 is 2.16 bits per heavy atom. The van der Waals surface area contributed by atoms with E-state index in [1.165, 1.54) is 11.3 Å². The van der Waals surface area contributed by atoms with E-state index in [1.807, 2.05) is 23.6 Å². The molecule has 1 saturated carbocycles. The van der Waals surface area contributed by atoms with Crippen LogP contribution in [0.15, 0.2) is 29.6 Å². The topological polar surface area (TPSA) is 97.5 Å². The highest BCUT2D eigenvalue weighted by Gasteiger charge is 2.19. The Morgan fingerprint density at radius 3 is 2.92 bits per heavy atom. The number of aliphatic hydroxyl groups is 1. The van der Waals surface area contributed by atoms with Gasteiger partial charge in [0.1, 0.15) is 0 Å². The Morgan fingerprint density at radius 1 is 1.36 bits per heavy atom. The van der Waals surface area contributed by atoms with Gasteiger partial charge in [-0.05, 0) is 37.3 Å². The molecule has 2 aromatic rings. The Bertz CT molecular complexity index is 711. The first-order valence-corrected chi connectivity index (χ1v) is 9.36. The Labute approximate surface area is 151 Å². The van der Waals surface area contributed by atoms with Gasteiger partial charge in [-0.25, -0.2) is 4.98 Å². The molecule has 134 valence electrons. The first-order valence-electron chi connectivity index (χ1n) is 8.48. The van der Waals surface area contributed by atoms with Crippen molar-refractivity contribution in [1.29, 1.82) is 0 Å². The van der Waals surface area contributed by atoms with E-state index in [0.29, 0.717) is 11.7 Å². The number of carbonyl (C=O) groups excluding carboxylic acids is 1. The number of aromatic nitrogens is 1. The van der Waals surface area contributed by atoms with Crippen molar-refractivity contribution >= 4 is 22.4 Å². The van der Waals surface area contributed by atoms with Crippen molar-refractivity contribution in [2.24, 2.45) is 5.73 Å². The number of thiazole rings is 1. The molecule has 1 aromatic heterocycles. The van der Waals surface area contributed by atoms with Gasteiger partial charge in [0.05, 0.1) is 31.1 Å². The molecule has 1 aliphatic rings. The van der Waals surface area contributed by atoms with Crippen molar-refractivity contribution in [2.75, 3.05) is 11.9 Å². The Balaban J connectivity index is 1.60. The number of nitrogens with zero attached hydrogens (tertiary/aromatic N) is 1. The average Bonchev–Trinajstić information content (AvgIpc) is 3.10. The normalized spacial score (nSPS) is 20.4. The monoisotopic (exact) mass is 361 g/mol. The maximum atomic E-state index is 11.3. The molecule has 7 heteroatoms. The van der Waals surface area contributed by atoms with Gasteiger partial charge in [-0.15, -0.1) is 11.3 Å². The molecule has 1 heterocycles. The zero-order valence-electron chi connectivity index (χ0n) is 14.0. The van der Waals surface area contributed by atoms with Crippen LogP contribution in [0.5, 0.6) is 0 Å². The maximum Gasteiger partial charge on any atom is 0.239 e. The lowest BCUT2D eigenvalue weighted by atomic mass is 9.95. The molecule has 6 nitrogen and oxygen atoms in total. The number of ether oxygens (including phenoxy) is 1. The largest absolute Gasteiger partial charge is 0.393 e. The summed E-state index contributed by atoms with van der Waals surface area (Å²) in [6, 6.07) is 8.06. The summed E-state index contributed by atoms with van der Waals surface area (Å²) < 4.78 is 5.98. The molecular formula is C18H23N3O3S. The van der Waals surface area contributed by atoms with E-state index in [4.69, 9.17) is 10.5 Å². The summed E-state index contributed by atoms with van der Waals surface area (Å²) in [6.45, 7) is 0.495. The highest BCUT2D eigenvalue weighted by molar-refractivity contribution is 7.14. The minimum absolute atomic E-state index is 0.0556. The van der Waals surface area contributed by atoms with Gasteiger partial charge in [-0.1, -0.05) is 18.2 Å². The minimum Gasteiger partial charge on any atom is -0.393 e. The average molecular weight is 361 g/mol. The number of aliphatic hydroxyl groups excluding tert-OH is 1. The molecule has 1 amide bonds. The van der Waals surface area contributed by atoms with Crippen LogP contribution < -0.4 is 11.1 Å². The third-order valence-electron chi connectivity index (χ3n) is 4.29. The first kappa shape index (κ1) is 18.0. The van der Waals surface area contributed by atoms with Gasteiger partial charge in [0.15, 0.2) is 5.13 Å². The van der Waals surface area contributed by atoms with Crippen LogP contribution in [-0.2, 0) is 16.1 Å². The molecule has 4 N–H and O–H groups in total. The number of nitrogens with two attached hydrogens (primary N) is 1. The highest BCUT2D eigenvalue weighted by atomic mass is 32.1. The van der Waals surface area contributed by atoms with Gasteiger partial charge in [-0.2, -0.15) is 0 Å². The van der Waals surface area contributed by atoms with Crippen molar-refractivity contribution in [1.82, 2.24) is 4.98 Å². The van der Waals surface area contributed by atoms with Crippen LogP contribution in [-0.4, -0.2) is 34.8 Å². The molecule has 1 fully saturated rings. The van der Waals surface area contributed by atoms with Gasteiger partial charge < -0.3 is 20.9 Å². The highest BCUT2D eigenvalue weighted by Crippen LogP contribution is 2.26. The number of hydrogen-bond acceptors (Lipinski definition) is 6. The van der Waals surface area contributed by atoms with E-state index in [9.17, 15) is 9.90 Å².